The van der Waals surface area contributed by atoms with Gasteiger partial charge in [0.2, 0.25) is 5.88 Å². The van der Waals surface area contributed by atoms with Crippen LogP contribution in [0.1, 0.15) is 12.8 Å². The van der Waals surface area contributed by atoms with E-state index in [1.807, 2.05) is 0 Å². The third kappa shape index (κ3) is 2.13. The molecule has 0 radical (unpaired) electrons. The molecule has 1 aliphatic carbocycles. The molecule has 0 amide bonds. The molecule has 0 saturated heterocycles. The molecule has 1 aromatic heterocycles. The van der Waals surface area contributed by atoms with E-state index in [1.165, 1.54) is 18.2 Å². The lowest BCUT2D eigenvalue weighted by Crippen LogP contribution is -1.99. The van der Waals surface area contributed by atoms with Crippen molar-refractivity contribution in [2.45, 2.75) is 18.9 Å². The smallest absolute Gasteiger partial charge is 0.222 e. The average Bonchev–Trinajstić information content (AvgIpc) is 3.03. The first-order valence-electron chi connectivity index (χ1n) is 5.52. The number of hydrogen-bond donors (Lipinski definition) is 1. The van der Waals surface area contributed by atoms with Crippen molar-refractivity contribution in [1.82, 2.24) is 5.16 Å². The number of nitrogen functional groups attached to an aromatic ring is 1. The normalized spacial score (nSPS) is 14.8. The van der Waals surface area contributed by atoms with Crippen molar-refractivity contribution < 1.29 is 13.7 Å². The van der Waals surface area contributed by atoms with Crippen LogP contribution in [0.5, 0.6) is 5.75 Å². The number of hydrogen-bond acceptors (Lipinski definition) is 4. The Morgan fingerprint density at radius 1 is 1.39 bits per heavy atom. The van der Waals surface area contributed by atoms with E-state index >= 15 is 0 Å². The summed E-state index contributed by atoms with van der Waals surface area (Å²) in [5.74, 6) is 0.122. The second kappa shape index (κ2) is 4.17. The van der Waals surface area contributed by atoms with Gasteiger partial charge in [-0.1, -0.05) is 16.8 Å². The van der Waals surface area contributed by atoms with Crippen molar-refractivity contribution in [3.63, 3.8) is 0 Å². The van der Waals surface area contributed by atoms with Crippen LogP contribution in [0.2, 0.25) is 5.02 Å². The van der Waals surface area contributed by atoms with Crippen LogP contribution < -0.4 is 10.5 Å². The van der Waals surface area contributed by atoms with Crippen LogP contribution in [0.25, 0.3) is 11.3 Å². The fraction of sp³-hybridized carbons (Fsp3) is 0.250. The topological polar surface area (TPSA) is 61.3 Å². The van der Waals surface area contributed by atoms with E-state index in [4.69, 9.17) is 26.6 Å². The average molecular weight is 269 g/mol. The number of anilines is 1. The van der Waals surface area contributed by atoms with Crippen molar-refractivity contribution in [2.75, 3.05) is 5.73 Å². The summed E-state index contributed by atoms with van der Waals surface area (Å²) in [5, 5.41) is 3.97. The lowest BCUT2D eigenvalue weighted by molar-refractivity contribution is 0.304. The van der Waals surface area contributed by atoms with Gasteiger partial charge in [0.1, 0.15) is 17.3 Å². The van der Waals surface area contributed by atoms with Gasteiger partial charge in [-0.05, 0) is 25.0 Å². The van der Waals surface area contributed by atoms with Crippen LogP contribution in [-0.4, -0.2) is 11.3 Å². The maximum absolute atomic E-state index is 13.4. The van der Waals surface area contributed by atoms with Crippen LogP contribution in [0.4, 0.5) is 10.3 Å². The summed E-state index contributed by atoms with van der Waals surface area (Å²) in [4.78, 5) is 0. The highest BCUT2D eigenvalue weighted by molar-refractivity contribution is 6.32. The maximum atomic E-state index is 13.4. The standard InChI is InChI=1S/C12H10ClFN2O2/c13-9-4-6(14)3-8(10-5-11(15)18-16-10)12(9)17-7-1-2-7/h3-5,7H,1-2,15H2. The highest BCUT2D eigenvalue weighted by Gasteiger charge is 2.27. The van der Waals surface area contributed by atoms with Gasteiger partial charge in [0, 0.05) is 6.07 Å². The molecule has 0 spiro atoms. The molecular weight excluding hydrogens is 259 g/mol. The molecule has 0 unspecified atom stereocenters. The van der Waals surface area contributed by atoms with Crippen LogP contribution in [0.3, 0.4) is 0 Å². The Balaban J connectivity index is 2.09. The predicted molar refractivity (Wildman–Crippen MR) is 65.0 cm³/mol. The Kier molecular flexibility index (Phi) is 2.63. The zero-order chi connectivity index (χ0) is 12.7. The molecular formula is C12H10ClFN2O2. The molecule has 6 heteroatoms. The van der Waals surface area contributed by atoms with E-state index in [1.54, 1.807) is 0 Å². The number of ether oxygens (including phenoxy) is 1. The highest BCUT2D eigenvalue weighted by atomic mass is 35.5. The monoisotopic (exact) mass is 268 g/mol. The maximum Gasteiger partial charge on any atom is 0.222 e. The van der Waals surface area contributed by atoms with Crippen molar-refractivity contribution in [3.05, 3.63) is 29.0 Å². The van der Waals surface area contributed by atoms with Gasteiger partial charge in [-0.15, -0.1) is 0 Å². The Labute approximate surface area is 107 Å². The van der Waals surface area contributed by atoms with E-state index in [9.17, 15) is 4.39 Å². The van der Waals surface area contributed by atoms with Crippen LogP contribution >= 0.6 is 11.6 Å². The number of aromatic nitrogens is 1. The molecule has 0 atom stereocenters. The Bertz CT molecular complexity index is 596. The van der Waals surface area contributed by atoms with Crippen LogP contribution in [-0.2, 0) is 0 Å². The minimum absolute atomic E-state index is 0.149. The molecule has 1 aromatic carbocycles. The number of nitrogens with two attached hydrogens (primary N) is 1. The second-order valence-corrected chi connectivity index (χ2v) is 4.60. The summed E-state index contributed by atoms with van der Waals surface area (Å²) in [5.41, 5.74) is 6.32. The highest BCUT2D eigenvalue weighted by Crippen LogP contribution is 2.40. The van der Waals surface area contributed by atoms with Gasteiger partial charge < -0.3 is 15.0 Å². The minimum atomic E-state index is -0.459. The Morgan fingerprint density at radius 2 is 2.17 bits per heavy atom. The third-order valence-corrected chi connectivity index (χ3v) is 2.90. The molecule has 2 aromatic rings. The number of halogens is 2. The molecule has 0 aliphatic heterocycles. The lowest BCUT2D eigenvalue weighted by Gasteiger charge is -2.11. The van der Waals surface area contributed by atoms with Gasteiger partial charge in [-0.25, -0.2) is 4.39 Å². The molecule has 1 heterocycles. The van der Waals surface area contributed by atoms with Crippen molar-refractivity contribution in [2.24, 2.45) is 0 Å². The summed E-state index contributed by atoms with van der Waals surface area (Å²) < 4.78 is 23.9. The minimum Gasteiger partial charge on any atom is -0.488 e. The van der Waals surface area contributed by atoms with E-state index in [0.717, 1.165) is 12.8 Å². The largest absolute Gasteiger partial charge is 0.488 e. The van der Waals surface area contributed by atoms with E-state index < -0.39 is 5.82 Å². The first-order valence-corrected chi connectivity index (χ1v) is 5.89. The van der Waals surface area contributed by atoms with Gasteiger partial charge in [0.25, 0.3) is 0 Å². The fourth-order valence-corrected chi connectivity index (χ4v) is 1.89. The second-order valence-electron chi connectivity index (χ2n) is 4.20. The first kappa shape index (κ1) is 11.3. The molecule has 18 heavy (non-hydrogen) atoms. The first-order chi connectivity index (χ1) is 8.63. The number of rotatable bonds is 3. The molecule has 1 aliphatic rings. The number of benzene rings is 1. The molecule has 3 rings (SSSR count). The van der Waals surface area contributed by atoms with Gasteiger partial charge in [0.05, 0.1) is 16.7 Å². The van der Waals surface area contributed by atoms with Crippen molar-refractivity contribution >= 4 is 17.5 Å². The third-order valence-electron chi connectivity index (χ3n) is 2.62. The quantitative estimate of drug-likeness (QED) is 0.928. The van der Waals surface area contributed by atoms with Crippen molar-refractivity contribution in [3.8, 4) is 17.0 Å². The summed E-state index contributed by atoms with van der Waals surface area (Å²) in [6.45, 7) is 0. The number of nitrogens with zero attached hydrogens (tertiary/aromatic N) is 1. The summed E-state index contributed by atoms with van der Waals surface area (Å²) in [6.07, 6.45) is 2.11. The van der Waals surface area contributed by atoms with Crippen molar-refractivity contribution in [1.29, 1.82) is 0 Å². The molecule has 2 N–H and O–H groups in total. The Hall–Kier alpha value is -1.75. The van der Waals surface area contributed by atoms with Gasteiger partial charge in [-0.2, -0.15) is 0 Å². The van der Waals surface area contributed by atoms with E-state index in [-0.39, 0.29) is 17.0 Å². The molecule has 1 fully saturated rings. The SMILES string of the molecule is Nc1cc(-c2cc(F)cc(Cl)c2OC2CC2)no1. The summed E-state index contributed by atoms with van der Waals surface area (Å²) >= 11 is 6.01. The zero-order valence-electron chi connectivity index (χ0n) is 9.32. The fourth-order valence-electron chi connectivity index (χ4n) is 1.64. The predicted octanol–water partition coefficient (Wildman–Crippen LogP) is 3.26. The Morgan fingerprint density at radius 3 is 2.78 bits per heavy atom. The summed E-state index contributed by atoms with van der Waals surface area (Å²) in [6, 6.07) is 4.03. The van der Waals surface area contributed by atoms with Gasteiger partial charge in [-0.3, -0.25) is 0 Å². The molecule has 1 saturated carbocycles. The van der Waals surface area contributed by atoms with Crippen LogP contribution in [0, 0.1) is 5.82 Å². The van der Waals surface area contributed by atoms with E-state index in [0.29, 0.717) is 17.0 Å². The van der Waals surface area contributed by atoms with Gasteiger partial charge >= 0.3 is 0 Å². The molecule has 4 nitrogen and oxygen atoms in total. The van der Waals surface area contributed by atoms with E-state index in [2.05, 4.69) is 5.16 Å². The zero-order valence-corrected chi connectivity index (χ0v) is 10.1. The van der Waals surface area contributed by atoms with Gasteiger partial charge in [0.15, 0.2) is 0 Å². The lowest BCUT2D eigenvalue weighted by atomic mass is 10.1. The summed E-state index contributed by atoms with van der Waals surface area (Å²) in [7, 11) is 0. The molecule has 94 valence electrons. The van der Waals surface area contributed by atoms with Crippen LogP contribution in [0.15, 0.2) is 22.7 Å². The molecule has 0 bridgehead atoms.